The number of tetrazole rings is 1. The maximum Gasteiger partial charge on any atom is 0.206 e. The summed E-state index contributed by atoms with van der Waals surface area (Å²) >= 11 is 1.62. The first kappa shape index (κ1) is 16.6. The smallest absolute Gasteiger partial charge is 0.206 e. The van der Waals surface area contributed by atoms with Gasteiger partial charge in [-0.3, -0.25) is 0 Å². The lowest BCUT2D eigenvalue weighted by atomic mass is 10.0. The highest BCUT2D eigenvalue weighted by Gasteiger charge is 2.12. The van der Waals surface area contributed by atoms with Crippen LogP contribution in [0, 0.1) is 6.92 Å². The van der Waals surface area contributed by atoms with Crippen molar-refractivity contribution in [1.82, 2.24) is 35.2 Å². The number of rotatable bonds is 5. The quantitative estimate of drug-likeness (QED) is 0.478. The van der Waals surface area contributed by atoms with Crippen LogP contribution in [-0.4, -0.2) is 35.2 Å². The maximum absolute atomic E-state index is 4.47. The highest BCUT2D eigenvalue weighted by molar-refractivity contribution is 7.08. The molecule has 0 radical (unpaired) electrons. The molecular weight excluding hydrogens is 372 g/mol. The van der Waals surface area contributed by atoms with Crippen LogP contribution in [0.3, 0.4) is 0 Å². The van der Waals surface area contributed by atoms with Crippen molar-refractivity contribution in [1.29, 1.82) is 0 Å². The summed E-state index contributed by atoms with van der Waals surface area (Å²) in [5.41, 5.74) is 6.18. The lowest BCUT2D eigenvalue weighted by molar-refractivity contribution is 0.881. The van der Waals surface area contributed by atoms with Crippen LogP contribution in [-0.2, 0) is 6.54 Å². The summed E-state index contributed by atoms with van der Waals surface area (Å²) in [6, 6.07) is 12.4. The minimum Gasteiger partial charge on any atom is -0.366 e. The number of aryl methyl sites for hydroxylation is 1. The van der Waals surface area contributed by atoms with E-state index in [1.54, 1.807) is 17.5 Å². The summed E-state index contributed by atoms with van der Waals surface area (Å²) in [6.45, 7) is 2.68. The van der Waals surface area contributed by atoms with E-state index < -0.39 is 0 Å². The van der Waals surface area contributed by atoms with Crippen molar-refractivity contribution in [3.8, 4) is 22.5 Å². The third kappa shape index (κ3) is 3.01. The van der Waals surface area contributed by atoms with E-state index in [2.05, 4.69) is 65.7 Å². The molecule has 0 unspecified atom stereocenters. The topological polar surface area (TPSA) is 96.7 Å². The summed E-state index contributed by atoms with van der Waals surface area (Å²) in [5, 5.41) is 26.3. The minimum absolute atomic E-state index is 0.610. The van der Waals surface area contributed by atoms with E-state index in [1.807, 2.05) is 29.0 Å². The zero-order valence-electron chi connectivity index (χ0n) is 15.0. The van der Waals surface area contributed by atoms with Gasteiger partial charge in [-0.1, -0.05) is 24.3 Å². The number of benzene rings is 1. The number of H-pyrrole nitrogens is 1. The van der Waals surface area contributed by atoms with Crippen molar-refractivity contribution in [3.63, 3.8) is 0 Å². The molecule has 0 saturated heterocycles. The van der Waals surface area contributed by atoms with E-state index in [9.17, 15) is 0 Å². The first-order chi connectivity index (χ1) is 13.8. The SMILES string of the molecule is Cc1cc(NCc2ccc(-c3cscc3-c3nn[nH]n3)cc2)n2nccc2n1. The maximum atomic E-state index is 4.47. The lowest BCUT2D eigenvalue weighted by Crippen LogP contribution is -2.06. The van der Waals surface area contributed by atoms with Crippen LogP contribution in [0.4, 0.5) is 5.82 Å². The molecule has 2 N–H and O–H groups in total. The molecule has 138 valence electrons. The summed E-state index contributed by atoms with van der Waals surface area (Å²) in [7, 11) is 0. The fourth-order valence-corrected chi connectivity index (χ4v) is 3.96. The Balaban J connectivity index is 1.36. The molecule has 0 spiro atoms. The number of fused-ring (bicyclic) bond motifs is 1. The monoisotopic (exact) mass is 388 g/mol. The van der Waals surface area contributed by atoms with Crippen LogP contribution in [0.5, 0.6) is 0 Å². The molecule has 5 rings (SSSR count). The highest BCUT2D eigenvalue weighted by atomic mass is 32.1. The fourth-order valence-electron chi connectivity index (χ4n) is 3.13. The number of aromatic nitrogens is 7. The second-order valence-corrected chi connectivity index (χ2v) is 7.11. The van der Waals surface area contributed by atoms with Crippen LogP contribution in [0.2, 0.25) is 0 Å². The average Bonchev–Trinajstić information content (AvgIpc) is 3.46. The predicted octanol–water partition coefficient (Wildman–Crippen LogP) is 3.56. The van der Waals surface area contributed by atoms with Gasteiger partial charge in [-0.05, 0) is 28.6 Å². The van der Waals surface area contributed by atoms with Crippen molar-refractivity contribution in [3.05, 3.63) is 64.6 Å². The van der Waals surface area contributed by atoms with Crippen molar-refractivity contribution in [2.75, 3.05) is 5.32 Å². The Hall–Kier alpha value is -3.59. The third-order valence-corrected chi connectivity index (χ3v) is 5.22. The summed E-state index contributed by atoms with van der Waals surface area (Å²) < 4.78 is 1.81. The summed E-state index contributed by atoms with van der Waals surface area (Å²) in [4.78, 5) is 4.47. The van der Waals surface area contributed by atoms with Gasteiger partial charge in [-0.15, -0.1) is 10.2 Å². The van der Waals surface area contributed by atoms with E-state index >= 15 is 0 Å². The molecule has 5 aromatic rings. The Bertz CT molecular complexity index is 1220. The van der Waals surface area contributed by atoms with Gasteiger partial charge in [0.15, 0.2) is 5.65 Å². The normalized spacial score (nSPS) is 11.2. The van der Waals surface area contributed by atoms with Crippen LogP contribution < -0.4 is 5.32 Å². The molecule has 0 saturated carbocycles. The molecule has 0 fully saturated rings. The Kier molecular flexibility index (Phi) is 4.06. The van der Waals surface area contributed by atoms with Crippen molar-refractivity contribution in [2.24, 2.45) is 0 Å². The van der Waals surface area contributed by atoms with Crippen molar-refractivity contribution >= 4 is 22.8 Å². The molecule has 0 atom stereocenters. The van der Waals surface area contributed by atoms with Crippen LogP contribution in [0.15, 0.2) is 53.4 Å². The molecule has 0 aliphatic rings. The van der Waals surface area contributed by atoms with Gasteiger partial charge in [0.25, 0.3) is 0 Å². The molecule has 1 aromatic carbocycles. The first-order valence-electron chi connectivity index (χ1n) is 8.72. The second kappa shape index (κ2) is 6.86. The molecule has 4 aromatic heterocycles. The van der Waals surface area contributed by atoms with Gasteiger partial charge >= 0.3 is 0 Å². The van der Waals surface area contributed by atoms with E-state index in [0.29, 0.717) is 12.4 Å². The Morgan fingerprint density at radius 3 is 2.79 bits per heavy atom. The molecule has 8 nitrogen and oxygen atoms in total. The number of hydrogen-bond donors (Lipinski definition) is 2. The van der Waals surface area contributed by atoms with Crippen LogP contribution in [0.1, 0.15) is 11.3 Å². The van der Waals surface area contributed by atoms with Crippen molar-refractivity contribution in [2.45, 2.75) is 13.5 Å². The largest absolute Gasteiger partial charge is 0.366 e. The number of thiophene rings is 1. The van der Waals surface area contributed by atoms with E-state index in [4.69, 9.17) is 0 Å². The number of nitrogens with zero attached hydrogens (tertiary/aromatic N) is 6. The van der Waals surface area contributed by atoms with E-state index in [0.717, 1.165) is 33.8 Å². The van der Waals surface area contributed by atoms with Gasteiger partial charge in [0, 0.05) is 40.9 Å². The molecule has 0 aliphatic heterocycles. The standard InChI is InChI=1S/C19H16N8S/c1-12-8-18(27-17(22-12)6-7-21-27)20-9-13-2-4-14(5-3-13)15-10-28-11-16(15)19-23-25-26-24-19/h2-8,10-11,20H,9H2,1H3,(H,23,24,25,26). The molecule has 0 bridgehead atoms. The van der Waals surface area contributed by atoms with Crippen LogP contribution in [0.25, 0.3) is 28.2 Å². The van der Waals surface area contributed by atoms with Gasteiger partial charge in [0.05, 0.1) is 6.20 Å². The zero-order chi connectivity index (χ0) is 18.9. The number of anilines is 1. The van der Waals surface area contributed by atoms with Gasteiger partial charge < -0.3 is 5.32 Å². The zero-order valence-corrected chi connectivity index (χ0v) is 15.8. The molecule has 0 amide bonds. The Morgan fingerprint density at radius 1 is 1.11 bits per heavy atom. The Morgan fingerprint density at radius 2 is 1.96 bits per heavy atom. The third-order valence-electron chi connectivity index (χ3n) is 4.47. The fraction of sp³-hybridized carbons (Fsp3) is 0.105. The highest BCUT2D eigenvalue weighted by Crippen LogP contribution is 2.33. The van der Waals surface area contributed by atoms with E-state index in [-0.39, 0.29) is 0 Å². The summed E-state index contributed by atoms with van der Waals surface area (Å²) in [5.74, 6) is 1.53. The van der Waals surface area contributed by atoms with E-state index in [1.165, 1.54) is 5.56 Å². The van der Waals surface area contributed by atoms with Gasteiger partial charge in [-0.2, -0.15) is 26.2 Å². The number of nitrogens with one attached hydrogen (secondary N) is 2. The summed E-state index contributed by atoms with van der Waals surface area (Å²) in [6.07, 6.45) is 1.75. The lowest BCUT2D eigenvalue weighted by Gasteiger charge is -2.10. The predicted molar refractivity (Wildman–Crippen MR) is 108 cm³/mol. The number of aromatic amines is 1. The van der Waals surface area contributed by atoms with Crippen molar-refractivity contribution < 1.29 is 0 Å². The van der Waals surface area contributed by atoms with Gasteiger partial charge in [0.1, 0.15) is 5.82 Å². The molecule has 28 heavy (non-hydrogen) atoms. The van der Waals surface area contributed by atoms with Gasteiger partial charge in [-0.25, -0.2) is 4.98 Å². The average molecular weight is 388 g/mol. The van der Waals surface area contributed by atoms with Gasteiger partial charge in [0.2, 0.25) is 5.82 Å². The Labute approximate surface area is 164 Å². The molecule has 4 heterocycles. The molecule has 9 heteroatoms. The molecule has 0 aliphatic carbocycles. The minimum atomic E-state index is 0.610. The second-order valence-electron chi connectivity index (χ2n) is 6.37. The first-order valence-corrected chi connectivity index (χ1v) is 9.67. The number of hydrogen-bond acceptors (Lipinski definition) is 7. The van der Waals surface area contributed by atoms with Crippen LogP contribution >= 0.6 is 11.3 Å². The molecular formula is C19H16N8S.